The number of esters is 1. The molecule has 2 N–H and O–H groups in total. The lowest BCUT2D eigenvalue weighted by atomic mass is 10.1. The van der Waals surface area contributed by atoms with Crippen LogP contribution in [0, 0.1) is 0 Å². The van der Waals surface area contributed by atoms with E-state index in [9.17, 15) is 19.2 Å². The molecule has 26 heavy (non-hydrogen) atoms. The summed E-state index contributed by atoms with van der Waals surface area (Å²) >= 11 is 0. The lowest BCUT2D eigenvalue weighted by Crippen LogP contribution is -2.29. The first-order valence-corrected chi connectivity index (χ1v) is 7.91. The summed E-state index contributed by atoms with van der Waals surface area (Å²) in [5.41, 5.74) is 1.62. The Balaban J connectivity index is 1.95. The van der Waals surface area contributed by atoms with Crippen molar-refractivity contribution in [1.82, 2.24) is 0 Å². The molecule has 0 fully saturated rings. The molecule has 2 aromatic rings. The highest BCUT2D eigenvalue weighted by atomic mass is 16.5. The maximum Gasteiger partial charge on any atom is 0.338 e. The Hall–Kier alpha value is -3.48. The molecule has 0 saturated carbocycles. The fourth-order valence-electron chi connectivity index (χ4n) is 2.07. The molecule has 0 bridgehead atoms. The maximum atomic E-state index is 11.9. The maximum absolute atomic E-state index is 11.9. The van der Waals surface area contributed by atoms with E-state index in [0.717, 1.165) is 0 Å². The van der Waals surface area contributed by atoms with E-state index in [1.165, 1.54) is 43.3 Å². The number of benzene rings is 2. The van der Waals surface area contributed by atoms with Gasteiger partial charge < -0.3 is 15.4 Å². The number of ether oxygens (including phenoxy) is 1. The predicted molar refractivity (Wildman–Crippen MR) is 96.1 cm³/mol. The number of hydrogen-bond acceptors (Lipinski definition) is 5. The summed E-state index contributed by atoms with van der Waals surface area (Å²) in [5, 5.41) is 4.87. The van der Waals surface area contributed by atoms with Gasteiger partial charge >= 0.3 is 17.8 Å². The van der Waals surface area contributed by atoms with E-state index in [2.05, 4.69) is 10.6 Å². The fraction of sp³-hybridized carbons (Fsp3) is 0.158. The van der Waals surface area contributed by atoms with Gasteiger partial charge in [-0.05, 0) is 62.4 Å². The van der Waals surface area contributed by atoms with Gasteiger partial charge in [-0.15, -0.1) is 0 Å². The fourth-order valence-corrected chi connectivity index (χ4v) is 2.07. The summed E-state index contributed by atoms with van der Waals surface area (Å²) < 4.78 is 4.87. The van der Waals surface area contributed by atoms with Crippen LogP contribution in [-0.4, -0.2) is 30.2 Å². The van der Waals surface area contributed by atoms with E-state index in [1.807, 2.05) is 0 Å². The van der Waals surface area contributed by atoms with Gasteiger partial charge in [-0.2, -0.15) is 0 Å². The first-order valence-electron chi connectivity index (χ1n) is 7.91. The molecule has 0 aliphatic carbocycles. The number of rotatable bonds is 5. The molecule has 134 valence electrons. The van der Waals surface area contributed by atoms with Crippen molar-refractivity contribution in [3.05, 3.63) is 59.7 Å². The van der Waals surface area contributed by atoms with Crippen molar-refractivity contribution in [3.63, 3.8) is 0 Å². The summed E-state index contributed by atoms with van der Waals surface area (Å²) in [6, 6.07) is 12.2. The molecular formula is C19H18N2O5. The van der Waals surface area contributed by atoms with Gasteiger partial charge in [0.2, 0.25) is 0 Å². The first-order chi connectivity index (χ1) is 12.4. The smallest absolute Gasteiger partial charge is 0.338 e. The second-order valence-corrected chi connectivity index (χ2v) is 5.34. The Kier molecular flexibility index (Phi) is 6.21. The van der Waals surface area contributed by atoms with Gasteiger partial charge in [-0.3, -0.25) is 14.4 Å². The Morgan fingerprint density at radius 3 is 1.58 bits per heavy atom. The van der Waals surface area contributed by atoms with Crippen molar-refractivity contribution in [2.45, 2.75) is 13.8 Å². The molecule has 0 spiro atoms. The molecule has 0 aliphatic rings. The topological polar surface area (TPSA) is 102 Å². The van der Waals surface area contributed by atoms with Crippen LogP contribution >= 0.6 is 0 Å². The molecule has 2 amide bonds. The third-order valence-electron chi connectivity index (χ3n) is 3.41. The summed E-state index contributed by atoms with van der Waals surface area (Å²) in [4.78, 5) is 46.6. The van der Waals surface area contributed by atoms with E-state index in [-0.39, 0.29) is 12.4 Å². The molecule has 7 nitrogen and oxygen atoms in total. The number of amides is 2. The highest BCUT2D eigenvalue weighted by molar-refractivity contribution is 6.43. The van der Waals surface area contributed by atoms with Crippen LogP contribution in [-0.2, 0) is 14.3 Å². The van der Waals surface area contributed by atoms with E-state index in [4.69, 9.17) is 4.74 Å². The van der Waals surface area contributed by atoms with Crippen LogP contribution in [0.25, 0.3) is 0 Å². The molecule has 0 atom stereocenters. The number of carbonyl (C=O) groups is 4. The predicted octanol–water partition coefficient (Wildman–Crippen LogP) is 2.64. The van der Waals surface area contributed by atoms with Crippen LogP contribution in [0.4, 0.5) is 11.4 Å². The summed E-state index contributed by atoms with van der Waals surface area (Å²) in [6.07, 6.45) is 0. The molecule has 2 aromatic carbocycles. The van der Waals surface area contributed by atoms with Crippen LogP contribution in [0.5, 0.6) is 0 Å². The van der Waals surface area contributed by atoms with Crippen molar-refractivity contribution in [2.24, 2.45) is 0 Å². The number of anilines is 2. The highest BCUT2D eigenvalue weighted by Crippen LogP contribution is 2.12. The molecule has 2 rings (SSSR count). The molecule has 0 aliphatic heterocycles. The number of hydrogen-bond donors (Lipinski definition) is 2. The minimum absolute atomic E-state index is 0.0908. The number of carbonyl (C=O) groups excluding carboxylic acids is 4. The summed E-state index contributed by atoms with van der Waals surface area (Å²) in [7, 11) is 0. The highest BCUT2D eigenvalue weighted by Gasteiger charge is 2.15. The average molecular weight is 354 g/mol. The Morgan fingerprint density at radius 1 is 0.769 bits per heavy atom. The van der Waals surface area contributed by atoms with E-state index < -0.39 is 17.8 Å². The van der Waals surface area contributed by atoms with Gasteiger partial charge in [0.1, 0.15) is 0 Å². The number of nitrogens with one attached hydrogen (secondary N) is 2. The van der Waals surface area contributed by atoms with Crippen LogP contribution in [0.3, 0.4) is 0 Å². The first kappa shape index (κ1) is 18.9. The van der Waals surface area contributed by atoms with Crippen molar-refractivity contribution >= 4 is 34.9 Å². The second-order valence-electron chi connectivity index (χ2n) is 5.34. The van der Waals surface area contributed by atoms with Crippen LogP contribution in [0.2, 0.25) is 0 Å². The third kappa shape index (κ3) is 5.01. The Labute approximate surface area is 150 Å². The normalized spacial score (nSPS) is 9.92. The van der Waals surface area contributed by atoms with Gasteiger partial charge in [0.25, 0.3) is 0 Å². The Morgan fingerprint density at radius 2 is 1.19 bits per heavy atom. The van der Waals surface area contributed by atoms with Crippen LogP contribution in [0.1, 0.15) is 34.6 Å². The quantitative estimate of drug-likeness (QED) is 0.488. The van der Waals surface area contributed by atoms with Gasteiger partial charge in [-0.25, -0.2) is 4.79 Å². The molecule has 0 aromatic heterocycles. The van der Waals surface area contributed by atoms with Crippen LogP contribution in [0.15, 0.2) is 48.5 Å². The number of Topliss-reactive ketones (excluding diaryl/α,β-unsaturated/α-hetero) is 1. The van der Waals surface area contributed by atoms with E-state index >= 15 is 0 Å². The van der Waals surface area contributed by atoms with Gasteiger partial charge in [0.15, 0.2) is 5.78 Å². The zero-order valence-electron chi connectivity index (χ0n) is 14.4. The van der Waals surface area contributed by atoms with Crippen molar-refractivity contribution < 1.29 is 23.9 Å². The van der Waals surface area contributed by atoms with Crippen molar-refractivity contribution in [2.75, 3.05) is 17.2 Å². The Bertz CT molecular complexity index is 826. The zero-order valence-corrected chi connectivity index (χ0v) is 14.4. The molecule has 0 radical (unpaired) electrons. The van der Waals surface area contributed by atoms with Crippen molar-refractivity contribution in [1.29, 1.82) is 0 Å². The van der Waals surface area contributed by atoms with Gasteiger partial charge in [0, 0.05) is 16.9 Å². The lowest BCUT2D eigenvalue weighted by molar-refractivity contribution is -0.132. The average Bonchev–Trinajstić information content (AvgIpc) is 2.63. The molecule has 0 heterocycles. The molecular weight excluding hydrogens is 336 g/mol. The molecule has 0 unspecified atom stereocenters. The minimum atomic E-state index is -0.857. The van der Waals surface area contributed by atoms with Crippen LogP contribution < -0.4 is 10.6 Å². The zero-order chi connectivity index (χ0) is 19.1. The lowest BCUT2D eigenvalue weighted by Gasteiger charge is -2.08. The molecule has 7 heteroatoms. The molecule has 0 saturated heterocycles. The number of ketones is 1. The third-order valence-corrected chi connectivity index (χ3v) is 3.41. The SMILES string of the molecule is CCOC(=O)c1ccc(NC(=O)C(=O)Nc2ccc(C(C)=O)cc2)cc1. The van der Waals surface area contributed by atoms with Gasteiger partial charge in [-0.1, -0.05) is 0 Å². The summed E-state index contributed by atoms with van der Waals surface area (Å²) in [6.45, 7) is 3.41. The largest absolute Gasteiger partial charge is 0.462 e. The van der Waals surface area contributed by atoms with Crippen molar-refractivity contribution in [3.8, 4) is 0 Å². The minimum Gasteiger partial charge on any atom is -0.462 e. The monoisotopic (exact) mass is 354 g/mol. The van der Waals surface area contributed by atoms with E-state index in [0.29, 0.717) is 22.5 Å². The van der Waals surface area contributed by atoms with E-state index in [1.54, 1.807) is 19.1 Å². The second kappa shape index (κ2) is 8.57. The van der Waals surface area contributed by atoms with Gasteiger partial charge in [0.05, 0.1) is 12.2 Å². The standard InChI is InChI=1S/C19H18N2O5/c1-3-26-19(25)14-6-10-16(11-7-14)21-18(24)17(23)20-15-8-4-13(5-9-15)12(2)22/h4-11H,3H2,1-2H3,(H,20,23)(H,21,24). The summed E-state index contributed by atoms with van der Waals surface area (Å²) in [5.74, 6) is -2.26.